The maximum Gasteiger partial charge on any atom is 0.303 e. The molecule has 0 radical (unpaired) electrons. The molecule has 2 fully saturated rings. The van der Waals surface area contributed by atoms with Gasteiger partial charge < -0.3 is 9.90 Å². The average Bonchev–Trinajstić information content (AvgIpc) is 3.37. The Bertz CT molecular complexity index is 630. The van der Waals surface area contributed by atoms with Crippen molar-refractivity contribution in [2.24, 2.45) is 5.92 Å². The Labute approximate surface area is 155 Å². The van der Waals surface area contributed by atoms with E-state index in [0.717, 1.165) is 37.4 Å². The third kappa shape index (κ3) is 5.15. The SMILES string of the molecule is CC(=O)CC(CCC(=O)O)c1nnn(CCC2CCCCC2)c1C1CC1. The van der Waals surface area contributed by atoms with E-state index in [1.54, 1.807) is 6.92 Å². The van der Waals surface area contributed by atoms with Crippen molar-refractivity contribution in [3.05, 3.63) is 11.4 Å². The summed E-state index contributed by atoms with van der Waals surface area (Å²) < 4.78 is 2.06. The summed E-state index contributed by atoms with van der Waals surface area (Å²) >= 11 is 0. The number of carbonyl (C=O) groups is 2. The number of aromatic nitrogens is 3. The number of carboxylic acids is 1. The number of nitrogens with zero attached hydrogens (tertiary/aromatic N) is 3. The van der Waals surface area contributed by atoms with E-state index < -0.39 is 5.97 Å². The van der Waals surface area contributed by atoms with Gasteiger partial charge in [-0.3, -0.25) is 4.79 Å². The number of carbonyl (C=O) groups excluding carboxylic acids is 1. The molecule has 0 saturated heterocycles. The zero-order valence-electron chi connectivity index (χ0n) is 15.8. The van der Waals surface area contributed by atoms with Crippen LogP contribution in [0.15, 0.2) is 0 Å². The van der Waals surface area contributed by atoms with Gasteiger partial charge in [-0.2, -0.15) is 0 Å². The number of ketones is 1. The molecule has 26 heavy (non-hydrogen) atoms. The predicted octanol–water partition coefficient (Wildman–Crippen LogP) is 4.05. The van der Waals surface area contributed by atoms with Crippen molar-refractivity contribution in [2.45, 2.75) is 95.9 Å². The van der Waals surface area contributed by atoms with E-state index in [4.69, 9.17) is 5.11 Å². The summed E-state index contributed by atoms with van der Waals surface area (Å²) in [4.78, 5) is 22.7. The molecule has 1 aromatic rings. The highest BCUT2D eigenvalue weighted by Gasteiger charge is 2.34. The minimum Gasteiger partial charge on any atom is -0.481 e. The van der Waals surface area contributed by atoms with Crippen LogP contribution in [0, 0.1) is 5.92 Å². The van der Waals surface area contributed by atoms with Gasteiger partial charge in [0.05, 0.1) is 11.4 Å². The van der Waals surface area contributed by atoms with Crippen molar-refractivity contribution in [2.75, 3.05) is 0 Å². The van der Waals surface area contributed by atoms with Gasteiger partial charge in [0.25, 0.3) is 0 Å². The Balaban J connectivity index is 1.73. The molecule has 6 nitrogen and oxygen atoms in total. The molecule has 1 atom stereocenters. The van der Waals surface area contributed by atoms with Crippen LogP contribution in [0.1, 0.15) is 101 Å². The van der Waals surface area contributed by atoms with Crippen molar-refractivity contribution < 1.29 is 14.7 Å². The van der Waals surface area contributed by atoms with E-state index in [-0.39, 0.29) is 18.1 Å². The molecular formula is C20H31N3O3. The first-order valence-electron chi connectivity index (χ1n) is 10.2. The van der Waals surface area contributed by atoms with Gasteiger partial charge in [0.2, 0.25) is 0 Å². The van der Waals surface area contributed by atoms with Gasteiger partial charge in [-0.05, 0) is 38.5 Å². The van der Waals surface area contributed by atoms with E-state index in [9.17, 15) is 9.59 Å². The normalized spacial score (nSPS) is 19.4. The molecule has 2 aliphatic rings. The maximum absolute atomic E-state index is 11.7. The van der Waals surface area contributed by atoms with Crippen LogP contribution in [-0.2, 0) is 16.1 Å². The zero-order chi connectivity index (χ0) is 18.5. The molecular weight excluding hydrogens is 330 g/mol. The maximum atomic E-state index is 11.7. The molecule has 1 unspecified atom stereocenters. The first-order chi connectivity index (χ1) is 12.5. The molecule has 2 aliphatic carbocycles. The van der Waals surface area contributed by atoms with Crippen LogP contribution < -0.4 is 0 Å². The highest BCUT2D eigenvalue weighted by molar-refractivity contribution is 5.76. The van der Waals surface area contributed by atoms with E-state index in [0.29, 0.717) is 18.8 Å². The summed E-state index contributed by atoms with van der Waals surface area (Å²) in [6, 6.07) is 0. The minimum atomic E-state index is -0.823. The molecule has 0 amide bonds. The van der Waals surface area contributed by atoms with E-state index in [2.05, 4.69) is 15.0 Å². The molecule has 1 aromatic heterocycles. The van der Waals surface area contributed by atoms with Gasteiger partial charge in [-0.25, -0.2) is 4.68 Å². The number of hydrogen-bond acceptors (Lipinski definition) is 4. The molecule has 0 aliphatic heterocycles. The second kappa shape index (κ2) is 8.78. The zero-order valence-corrected chi connectivity index (χ0v) is 15.8. The summed E-state index contributed by atoms with van der Waals surface area (Å²) in [6.45, 7) is 2.47. The molecule has 1 heterocycles. The molecule has 6 heteroatoms. The van der Waals surface area contributed by atoms with Crippen molar-refractivity contribution in [1.29, 1.82) is 0 Å². The summed E-state index contributed by atoms with van der Waals surface area (Å²) in [5.41, 5.74) is 2.06. The predicted molar refractivity (Wildman–Crippen MR) is 98.1 cm³/mol. The summed E-state index contributed by atoms with van der Waals surface area (Å²) in [7, 11) is 0. The fraction of sp³-hybridized carbons (Fsp3) is 0.800. The number of hydrogen-bond donors (Lipinski definition) is 1. The molecule has 0 spiro atoms. The minimum absolute atomic E-state index is 0.0665. The third-order valence-corrected chi connectivity index (χ3v) is 5.87. The Morgan fingerprint density at radius 1 is 1.19 bits per heavy atom. The van der Waals surface area contributed by atoms with E-state index in [1.807, 2.05) is 0 Å². The van der Waals surface area contributed by atoms with Crippen LogP contribution in [-0.4, -0.2) is 31.9 Å². The Hall–Kier alpha value is -1.72. The quantitative estimate of drug-likeness (QED) is 0.679. The molecule has 2 saturated carbocycles. The van der Waals surface area contributed by atoms with Crippen molar-refractivity contribution in [3.63, 3.8) is 0 Å². The first kappa shape index (κ1) is 19.1. The van der Waals surface area contributed by atoms with Crippen molar-refractivity contribution >= 4 is 11.8 Å². The summed E-state index contributed by atoms with van der Waals surface area (Å²) in [5, 5.41) is 17.9. The van der Waals surface area contributed by atoms with Crippen LogP contribution in [0.5, 0.6) is 0 Å². The van der Waals surface area contributed by atoms with Gasteiger partial charge in [-0.1, -0.05) is 37.3 Å². The lowest BCUT2D eigenvalue weighted by Gasteiger charge is -2.21. The highest BCUT2D eigenvalue weighted by atomic mass is 16.4. The Morgan fingerprint density at radius 2 is 1.92 bits per heavy atom. The third-order valence-electron chi connectivity index (χ3n) is 5.87. The fourth-order valence-electron chi connectivity index (χ4n) is 4.33. The van der Waals surface area contributed by atoms with Gasteiger partial charge >= 0.3 is 5.97 Å². The first-order valence-corrected chi connectivity index (χ1v) is 10.2. The topological polar surface area (TPSA) is 85.1 Å². The molecule has 3 rings (SSSR count). The van der Waals surface area contributed by atoms with Crippen LogP contribution in [0.25, 0.3) is 0 Å². The van der Waals surface area contributed by atoms with E-state index in [1.165, 1.54) is 37.8 Å². The molecule has 1 N–H and O–H groups in total. The van der Waals surface area contributed by atoms with Crippen LogP contribution in [0.3, 0.4) is 0 Å². The number of rotatable bonds is 10. The highest BCUT2D eigenvalue weighted by Crippen LogP contribution is 2.44. The molecule has 144 valence electrons. The lowest BCUT2D eigenvalue weighted by Crippen LogP contribution is -2.14. The number of aliphatic carboxylic acids is 1. The summed E-state index contributed by atoms with van der Waals surface area (Å²) in [6.07, 6.45) is 11.0. The molecule has 0 aromatic carbocycles. The van der Waals surface area contributed by atoms with Gasteiger partial charge in [0, 0.05) is 31.2 Å². The number of aryl methyl sites for hydroxylation is 1. The van der Waals surface area contributed by atoms with E-state index >= 15 is 0 Å². The Morgan fingerprint density at radius 3 is 2.54 bits per heavy atom. The van der Waals surface area contributed by atoms with Gasteiger partial charge in [-0.15, -0.1) is 5.10 Å². The van der Waals surface area contributed by atoms with Gasteiger partial charge in [0.15, 0.2) is 0 Å². The molecule has 0 bridgehead atoms. The smallest absolute Gasteiger partial charge is 0.303 e. The lowest BCUT2D eigenvalue weighted by atomic mass is 9.87. The standard InChI is InChI=1S/C20H31N3O3/c1-14(24)13-17(9-10-18(25)26)19-20(16-7-8-16)23(22-21-19)12-11-15-5-3-2-4-6-15/h15-17H,2-13H2,1H3,(H,25,26). The number of carboxylic acid groups (broad SMARTS) is 1. The van der Waals surface area contributed by atoms with Crippen LogP contribution >= 0.6 is 0 Å². The van der Waals surface area contributed by atoms with Crippen LogP contribution in [0.2, 0.25) is 0 Å². The lowest BCUT2D eigenvalue weighted by molar-refractivity contribution is -0.137. The average molecular weight is 361 g/mol. The Kier molecular flexibility index (Phi) is 6.43. The van der Waals surface area contributed by atoms with Crippen molar-refractivity contribution in [1.82, 2.24) is 15.0 Å². The van der Waals surface area contributed by atoms with Crippen molar-refractivity contribution in [3.8, 4) is 0 Å². The monoisotopic (exact) mass is 361 g/mol. The number of Topliss-reactive ketones (excluding diaryl/α,β-unsaturated/α-hetero) is 1. The fourth-order valence-corrected chi connectivity index (χ4v) is 4.33. The second-order valence-electron chi connectivity index (χ2n) is 8.19. The second-order valence-corrected chi connectivity index (χ2v) is 8.19. The van der Waals surface area contributed by atoms with Gasteiger partial charge in [0.1, 0.15) is 5.78 Å². The summed E-state index contributed by atoms with van der Waals surface area (Å²) in [5.74, 6) is 0.423. The van der Waals surface area contributed by atoms with Crippen LogP contribution in [0.4, 0.5) is 0 Å². The largest absolute Gasteiger partial charge is 0.481 e.